The van der Waals surface area contributed by atoms with Gasteiger partial charge in [0.1, 0.15) is 0 Å². The van der Waals surface area contributed by atoms with Crippen LogP contribution in [0.3, 0.4) is 0 Å². The van der Waals surface area contributed by atoms with Crippen LogP contribution in [0.4, 0.5) is 11.4 Å². The van der Waals surface area contributed by atoms with Crippen molar-refractivity contribution in [2.75, 3.05) is 42.9 Å². The average molecular weight is 428 g/mol. The summed E-state index contributed by atoms with van der Waals surface area (Å²) in [4.78, 5) is 17.8. The van der Waals surface area contributed by atoms with Gasteiger partial charge in [-0.1, -0.05) is 60.5 Å². The third-order valence-corrected chi connectivity index (χ3v) is 6.12. The van der Waals surface area contributed by atoms with E-state index in [2.05, 4.69) is 22.0 Å². The van der Waals surface area contributed by atoms with Crippen LogP contribution in [0.15, 0.2) is 54.6 Å². The molecule has 3 aromatic rings. The number of amides is 1. The summed E-state index contributed by atoms with van der Waals surface area (Å²) in [5.74, 6) is -0.173. The minimum atomic E-state index is -0.173. The number of nitrogens with one attached hydrogen (secondary N) is 1. The van der Waals surface area contributed by atoms with E-state index in [1.54, 1.807) is 0 Å². The van der Waals surface area contributed by atoms with Crippen molar-refractivity contribution in [3.05, 3.63) is 70.2 Å². The van der Waals surface area contributed by atoms with E-state index in [9.17, 15) is 4.79 Å². The van der Waals surface area contributed by atoms with Crippen LogP contribution in [0.5, 0.6) is 0 Å². The summed E-state index contributed by atoms with van der Waals surface area (Å²) < 4.78 is 0. The number of carbonyl (C=O) groups is 1. The molecule has 3 aromatic carbocycles. The molecule has 1 fully saturated rings. The Morgan fingerprint density at radius 2 is 1.55 bits per heavy atom. The summed E-state index contributed by atoms with van der Waals surface area (Å²) in [6, 6.07) is 16.8. The molecule has 0 spiro atoms. The van der Waals surface area contributed by atoms with Crippen molar-refractivity contribution in [3.63, 3.8) is 0 Å². The Balaban J connectivity index is 1.65. The van der Waals surface area contributed by atoms with Crippen LogP contribution in [0, 0.1) is 0 Å². The van der Waals surface area contributed by atoms with E-state index in [-0.39, 0.29) is 5.91 Å². The highest BCUT2D eigenvalue weighted by Gasteiger charge is 2.22. The Bertz CT molecular complexity index is 1050. The number of anilines is 2. The predicted molar refractivity (Wildman–Crippen MR) is 123 cm³/mol. The van der Waals surface area contributed by atoms with E-state index in [0.29, 0.717) is 15.6 Å². The zero-order valence-electron chi connectivity index (χ0n) is 16.3. The molecule has 1 heterocycles. The molecule has 0 saturated carbocycles. The maximum absolute atomic E-state index is 13.2. The van der Waals surface area contributed by atoms with E-state index >= 15 is 0 Å². The monoisotopic (exact) mass is 427 g/mol. The molecule has 0 bridgehead atoms. The molecule has 6 heteroatoms. The second-order valence-electron chi connectivity index (χ2n) is 7.15. The summed E-state index contributed by atoms with van der Waals surface area (Å²) in [7, 11) is 0. The van der Waals surface area contributed by atoms with Crippen LogP contribution in [0.2, 0.25) is 10.0 Å². The Hall–Kier alpha value is -2.27. The lowest BCUT2D eigenvalue weighted by Crippen LogP contribution is -2.46. The summed E-state index contributed by atoms with van der Waals surface area (Å²) in [6.45, 7) is 6.94. The van der Waals surface area contributed by atoms with Crippen LogP contribution in [-0.2, 0) is 0 Å². The summed E-state index contributed by atoms with van der Waals surface area (Å²) in [5.41, 5.74) is 2.20. The van der Waals surface area contributed by atoms with Gasteiger partial charge in [0, 0.05) is 42.2 Å². The van der Waals surface area contributed by atoms with Gasteiger partial charge in [-0.25, -0.2) is 0 Å². The predicted octanol–water partition coefficient (Wildman–Crippen LogP) is 5.54. The number of likely N-dealkylation sites (N-methyl/N-ethyl adjacent to an activating group) is 1. The number of rotatable bonds is 4. The quantitative estimate of drug-likeness (QED) is 0.593. The minimum absolute atomic E-state index is 0.173. The van der Waals surface area contributed by atoms with Crippen LogP contribution in [0.25, 0.3) is 10.8 Å². The first-order valence-corrected chi connectivity index (χ1v) is 10.6. The van der Waals surface area contributed by atoms with Gasteiger partial charge >= 0.3 is 0 Å². The van der Waals surface area contributed by atoms with Crippen molar-refractivity contribution in [1.82, 2.24) is 4.90 Å². The van der Waals surface area contributed by atoms with Crippen LogP contribution >= 0.6 is 23.2 Å². The lowest BCUT2D eigenvalue weighted by Gasteiger charge is -2.36. The highest BCUT2D eigenvalue weighted by molar-refractivity contribution is 6.36. The van der Waals surface area contributed by atoms with Gasteiger partial charge in [-0.15, -0.1) is 0 Å². The van der Waals surface area contributed by atoms with Gasteiger partial charge < -0.3 is 15.1 Å². The zero-order valence-corrected chi connectivity index (χ0v) is 17.8. The lowest BCUT2D eigenvalue weighted by atomic mass is 10.0. The van der Waals surface area contributed by atoms with Crippen molar-refractivity contribution in [2.24, 2.45) is 0 Å². The molecule has 1 N–H and O–H groups in total. The van der Waals surface area contributed by atoms with Crippen LogP contribution in [0.1, 0.15) is 17.3 Å². The van der Waals surface area contributed by atoms with Gasteiger partial charge in [0.15, 0.2) is 0 Å². The number of hydrogen-bond acceptors (Lipinski definition) is 3. The van der Waals surface area contributed by atoms with Crippen molar-refractivity contribution >= 4 is 51.3 Å². The lowest BCUT2D eigenvalue weighted by molar-refractivity contribution is 0.102. The fourth-order valence-corrected chi connectivity index (χ4v) is 4.42. The molecule has 0 aromatic heterocycles. The Labute approximate surface area is 181 Å². The third-order valence-electron chi connectivity index (χ3n) is 5.48. The third kappa shape index (κ3) is 4.06. The van der Waals surface area contributed by atoms with E-state index in [4.69, 9.17) is 23.2 Å². The number of carbonyl (C=O) groups excluding carboxylic acids is 1. The van der Waals surface area contributed by atoms with E-state index < -0.39 is 0 Å². The van der Waals surface area contributed by atoms with Crippen LogP contribution in [-0.4, -0.2) is 43.5 Å². The van der Waals surface area contributed by atoms with Crippen molar-refractivity contribution in [2.45, 2.75) is 6.92 Å². The number of piperazine rings is 1. The standard InChI is InChI=1S/C23H23Cl2N3O/c1-2-27-12-14-28(15-13-27)22-20(25)10-5-11-21(22)26-23(29)18-8-3-7-17-16(18)6-4-9-19(17)24/h3-11H,2,12-15H2,1H3,(H,26,29). The number of benzene rings is 3. The first kappa shape index (κ1) is 20.0. The van der Waals surface area contributed by atoms with Gasteiger partial charge in [0.25, 0.3) is 5.91 Å². The minimum Gasteiger partial charge on any atom is -0.366 e. The molecule has 4 nitrogen and oxygen atoms in total. The van der Waals surface area contributed by atoms with Gasteiger partial charge in [0.05, 0.1) is 16.4 Å². The van der Waals surface area contributed by atoms with Crippen molar-refractivity contribution < 1.29 is 4.79 Å². The van der Waals surface area contributed by atoms with E-state index in [1.165, 1.54) is 0 Å². The number of para-hydroxylation sites is 1. The maximum Gasteiger partial charge on any atom is 0.256 e. The van der Waals surface area contributed by atoms with Gasteiger partial charge in [-0.3, -0.25) is 4.79 Å². The number of halogens is 2. The highest BCUT2D eigenvalue weighted by Crippen LogP contribution is 2.35. The molecule has 1 amide bonds. The molecule has 0 radical (unpaired) electrons. The Morgan fingerprint density at radius 1 is 0.897 bits per heavy atom. The molecule has 4 rings (SSSR count). The summed E-state index contributed by atoms with van der Waals surface area (Å²) in [6.07, 6.45) is 0. The van der Waals surface area contributed by atoms with Gasteiger partial charge in [0.2, 0.25) is 0 Å². The average Bonchev–Trinajstić information content (AvgIpc) is 2.74. The second kappa shape index (κ2) is 8.62. The maximum atomic E-state index is 13.2. The fourth-order valence-electron chi connectivity index (χ4n) is 3.88. The Kier molecular flexibility index (Phi) is 5.95. The molecular weight excluding hydrogens is 405 g/mol. The molecule has 1 aliphatic rings. The Morgan fingerprint density at radius 3 is 2.31 bits per heavy atom. The van der Waals surface area contributed by atoms with Crippen LogP contribution < -0.4 is 10.2 Å². The molecular formula is C23H23Cl2N3O. The zero-order chi connectivity index (χ0) is 20.4. The number of fused-ring (bicyclic) bond motifs is 1. The van der Waals surface area contributed by atoms with Crippen molar-refractivity contribution in [1.29, 1.82) is 0 Å². The molecule has 150 valence electrons. The van der Waals surface area contributed by atoms with Crippen molar-refractivity contribution in [3.8, 4) is 0 Å². The molecule has 0 atom stereocenters. The normalized spacial score (nSPS) is 14.9. The summed E-state index contributed by atoms with van der Waals surface area (Å²) in [5, 5.41) is 6.06. The van der Waals surface area contributed by atoms with Gasteiger partial charge in [-0.05, 0) is 36.2 Å². The molecule has 0 aliphatic carbocycles. The fraction of sp³-hybridized carbons (Fsp3) is 0.261. The molecule has 1 saturated heterocycles. The van der Waals surface area contributed by atoms with E-state index in [1.807, 2.05) is 54.6 Å². The molecule has 29 heavy (non-hydrogen) atoms. The largest absolute Gasteiger partial charge is 0.366 e. The summed E-state index contributed by atoms with van der Waals surface area (Å²) >= 11 is 12.9. The topological polar surface area (TPSA) is 35.6 Å². The number of nitrogens with zero attached hydrogens (tertiary/aromatic N) is 2. The molecule has 1 aliphatic heterocycles. The smallest absolute Gasteiger partial charge is 0.256 e. The second-order valence-corrected chi connectivity index (χ2v) is 7.97. The number of hydrogen-bond donors (Lipinski definition) is 1. The SMILES string of the molecule is CCN1CCN(c2c(Cl)cccc2NC(=O)c2cccc3c(Cl)cccc23)CC1. The van der Waals surface area contributed by atoms with Gasteiger partial charge in [-0.2, -0.15) is 0 Å². The van der Waals surface area contributed by atoms with E-state index in [0.717, 1.165) is 54.9 Å². The molecule has 0 unspecified atom stereocenters. The first-order valence-electron chi connectivity index (χ1n) is 9.83. The highest BCUT2D eigenvalue weighted by atomic mass is 35.5. The first-order chi connectivity index (χ1) is 14.1.